The zero-order valence-corrected chi connectivity index (χ0v) is 15.3. The summed E-state index contributed by atoms with van der Waals surface area (Å²) in [6.45, 7) is 1.51. The molecule has 3 rings (SSSR count). The molecule has 0 aliphatic carbocycles. The van der Waals surface area contributed by atoms with Crippen LogP contribution in [-0.2, 0) is 12.2 Å². The molecule has 0 aliphatic heterocycles. The highest BCUT2D eigenvalue weighted by Gasteiger charge is 2.07. The monoisotopic (exact) mass is 386 g/mol. The molecule has 0 saturated carbocycles. The normalized spacial score (nSPS) is 10.8. The van der Waals surface area contributed by atoms with Crippen molar-refractivity contribution in [3.8, 4) is 0 Å². The van der Waals surface area contributed by atoms with E-state index in [1.54, 1.807) is 12.1 Å². The number of nitrogens with one attached hydrogen (secondary N) is 1. The Bertz CT molecular complexity index is 1010. The van der Waals surface area contributed by atoms with Crippen LogP contribution in [0.25, 0.3) is 0 Å². The first kappa shape index (κ1) is 19.0. The molecule has 2 aromatic carbocycles. The van der Waals surface area contributed by atoms with Crippen LogP contribution in [0.3, 0.4) is 0 Å². The predicted octanol–water partition coefficient (Wildman–Crippen LogP) is 4.13. The largest absolute Gasteiger partial charge is 0.301 e. The number of aromatic nitrogens is 2. The third-order valence-corrected chi connectivity index (χ3v) is 4.76. The van der Waals surface area contributed by atoms with Crippen LogP contribution in [0.2, 0.25) is 0 Å². The average molecular weight is 386 g/mol. The second kappa shape index (κ2) is 8.26. The highest BCUT2D eigenvalue weighted by atomic mass is 32.2. The summed E-state index contributed by atoms with van der Waals surface area (Å²) in [7, 11) is 0. The Balaban J connectivity index is 1.73. The van der Waals surface area contributed by atoms with Crippen molar-refractivity contribution < 1.29 is 13.6 Å². The van der Waals surface area contributed by atoms with Crippen molar-refractivity contribution in [2.24, 2.45) is 0 Å². The molecule has 0 aliphatic rings. The van der Waals surface area contributed by atoms with E-state index in [2.05, 4.69) is 9.97 Å². The first-order valence-electron chi connectivity index (χ1n) is 8.17. The summed E-state index contributed by atoms with van der Waals surface area (Å²) in [4.78, 5) is 30.2. The summed E-state index contributed by atoms with van der Waals surface area (Å²) in [5.74, 6) is -0.780. The van der Waals surface area contributed by atoms with Crippen molar-refractivity contribution >= 4 is 17.5 Å². The fourth-order valence-corrected chi connectivity index (χ4v) is 3.40. The summed E-state index contributed by atoms with van der Waals surface area (Å²) in [5.41, 5.74) is 2.12. The molecule has 3 aromatic rings. The number of halogens is 2. The number of carbonyl (C=O) groups excluding carboxylic acids is 1. The lowest BCUT2D eigenvalue weighted by molar-refractivity contribution is 0.101. The molecule has 0 bridgehead atoms. The maximum atomic E-state index is 13.3. The van der Waals surface area contributed by atoms with Crippen LogP contribution < -0.4 is 5.56 Å². The third-order valence-electron chi connectivity index (χ3n) is 3.82. The molecular formula is C20H16F2N2O2S. The molecule has 4 nitrogen and oxygen atoms in total. The SMILES string of the molecule is CC(=O)c1ccc(CSc2nc(Cc3cc(F)cc(F)c3)cc(=O)[nH]2)cc1. The third kappa shape index (κ3) is 5.34. The van der Waals surface area contributed by atoms with Gasteiger partial charge in [0.1, 0.15) is 11.6 Å². The van der Waals surface area contributed by atoms with E-state index in [0.717, 1.165) is 11.6 Å². The number of rotatable bonds is 6. The maximum Gasteiger partial charge on any atom is 0.251 e. The number of thioether (sulfide) groups is 1. The number of benzene rings is 2. The van der Waals surface area contributed by atoms with E-state index in [1.165, 1.54) is 36.9 Å². The van der Waals surface area contributed by atoms with E-state index in [-0.39, 0.29) is 17.8 Å². The van der Waals surface area contributed by atoms with Crippen LogP contribution >= 0.6 is 11.8 Å². The summed E-state index contributed by atoms with van der Waals surface area (Å²) >= 11 is 1.33. The quantitative estimate of drug-likeness (QED) is 0.393. The molecule has 1 aromatic heterocycles. The summed E-state index contributed by atoms with van der Waals surface area (Å²) < 4.78 is 26.6. The lowest BCUT2D eigenvalue weighted by Gasteiger charge is -2.06. The van der Waals surface area contributed by atoms with Crippen molar-refractivity contribution in [3.63, 3.8) is 0 Å². The minimum absolute atomic E-state index is 0.00156. The molecule has 0 saturated heterocycles. The van der Waals surface area contributed by atoms with Gasteiger partial charge in [0.15, 0.2) is 10.9 Å². The van der Waals surface area contributed by atoms with Crippen molar-refractivity contribution in [3.05, 3.63) is 92.9 Å². The van der Waals surface area contributed by atoms with Gasteiger partial charge in [-0.05, 0) is 30.2 Å². The lowest BCUT2D eigenvalue weighted by atomic mass is 10.1. The standard InChI is InChI=1S/C20H16F2N2O2S/c1-12(25)15-4-2-13(3-5-15)11-27-20-23-18(10-19(26)24-20)8-14-6-16(21)9-17(22)7-14/h2-7,9-10H,8,11H2,1H3,(H,23,24,26). The zero-order chi connectivity index (χ0) is 19.4. The Labute approximate surface area is 158 Å². The first-order chi connectivity index (χ1) is 12.9. The number of carbonyl (C=O) groups is 1. The van der Waals surface area contributed by atoms with Gasteiger partial charge in [-0.1, -0.05) is 36.0 Å². The number of hydrogen-bond acceptors (Lipinski definition) is 4. The summed E-state index contributed by atoms with van der Waals surface area (Å²) in [5, 5.41) is 0.421. The highest BCUT2D eigenvalue weighted by molar-refractivity contribution is 7.98. The highest BCUT2D eigenvalue weighted by Crippen LogP contribution is 2.20. The van der Waals surface area contributed by atoms with Crippen LogP contribution in [0.5, 0.6) is 0 Å². The van der Waals surface area contributed by atoms with Crippen LogP contribution in [0.1, 0.15) is 34.1 Å². The minimum Gasteiger partial charge on any atom is -0.301 e. The van der Waals surface area contributed by atoms with Gasteiger partial charge in [-0.2, -0.15) is 0 Å². The number of H-pyrrole nitrogens is 1. The van der Waals surface area contributed by atoms with Crippen LogP contribution in [0.15, 0.2) is 58.5 Å². The van der Waals surface area contributed by atoms with Crippen molar-refractivity contribution in [1.82, 2.24) is 9.97 Å². The van der Waals surface area contributed by atoms with Crippen LogP contribution in [0, 0.1) is 11.6 Å². The Morgan fingerprint density at radius 2 is 1.70 bits per heavy atom. The second-order valence-corrected chi connectivity index (χ2v) is 7.00. The molecule has 0 unspecified atom stereocenters. The molecular weight excluding hydrogens is 370 g/mol. The van der Waals surface area contributed by atoms with E-state index < -0.39 is 11.6 Å². The number of Topliss-reactive ketones (excluding diaryl/α,β-unsaturated/α-hetero) is 1. The fraction of sp³-hybridized carbons (Fsp3) is 0.150. The molecule has 138 valence electrons. The maximum absolute atomic E-state index is 13.3. The van der Waals surface area contributed by atoms with Gasteiger partial charge in [0.05, 0.1) is 5.69 Å². The van der Waals surface area contributed by atoms with Crippen molar-refractivity contribution in [2.75, 3.05) is 0 Å². The molecule has 0 atom stereocenters. The van der Waals surface area contributed by atoms with E-state index >= 15 is 0 Å². The van der Waals surface area contributed by atoms with Crippen LogP contribution in [-0.4, -0.2) is 15.8 Å². The van der Waals surface area contributed by atoms with E-state index in [1.807, 2.05) is 12.1 Å². The van der Waals surface area contributed by atoms with Gasteiger partial charge >= 0.3 is 0 Å². The smallest absolute Gasteiger partial charge is 0.251 e. The molecule has 1 heterocycles. The van der Waals surface area contributed by atoms with E-state index in [4.69, 9.17) is 0 Å². The molecule has 0 amide bonds. The van der Waals surface area contributed by atoms with Gasteiger partial charge in [-0.25, -0.2) is 13.8 Å². The van der Waals surface area contributed by atoms with Gasteiger partial charge in [-0.15, -0.1) is 0 Å². The average Bonchev–Trinajstić information content (AvgIpc) is 2.59. The Hall–Kier alpha value is -2.80. The predicted molar refractivity (Wildman–Crippen MR) is 100 cm³/mol. The lowest BCUT2D eigenvalue weighted by Crippen LogP contribution is -2.10. The molecule has 1 N–H and O–H groups in total. The Morgan fingerprint density at radius 1 is 1.04 bits per heavy atom. The van der Waals surface area contributed by atoms with Crippen molar-refractivity contribution in [1.29, 1.82) is 0 Å². The van der Waals surface area contributed by atoms with Gasteiger partial charge in [0.2, 0.25) is 0 Å². The van der Waals surface area contributed by atoms with Crippen LogP contribution in [0.4, 0.5) is 8.78 Å². The Kier molecular flexibility index (Phi) is 5.81. The number of ketones is 1. The second-order valence-electron chi connectivity index (χ2n) is 6.04. The fourth-order valence-electron chi connectivity index (χ4n) is 2.55. The first-order valence-corrected chi connectivity index (χ1v) is 9.15. The number of nitrogens with zero attached hydrogens (tertiary/aromatic N) is 1. The van der Waals surface area contributed by atoms with E-state index in [9.17, 15) is 18.4 Å². The van der Waals surface area contributed by atoms with Gasteiger partial charge in [-0.3, -0.25) is 9.59 Å². The summed E-state index contributed by atoms with van der Waals surface area (Å²) in [6.07, 6.45) is 0.152. The molecule has 0 radical (unpaired) electrons. The minimum atomic E-state index is -0.668. The number of aromatic amines is 1. The zero-order valence-electron chi connectivity index (χ0n) is 14.5. The van der Waals surface area contributed by atoms with E-state index in [0.29, 0.717) is 27.7 Å². The van der Waals surface area contributed by atoms with Gasteiger partial charge < -0.3 is 4.98 Å². The summed E-state index contributed by atoms with van der Waals surface area (Å²) in [6, 6.07) is 11.8. The molecule has 0 fully saturated rings. The topological polar surface area (TPSA) is 62.8 Å². The van der Waals surface area contributed by atoms with Gasteiger partial charge in [0, 0.05) is 29.9 Å². The molecule has 0 spiro atoms. The molecule has 7 heteroatoms. The molecule has 27 heavy (non-hydrogen) atoms. The number of hydrogen-bond donors (Lipinski definition) is 1. The van der Waals surface area contributed by atoms with Gasteiger partial charge in [0.25, 0.3) is 5.56 Å². The van der Waals surface area contributed by atoms with Crippen molar-refractivity contribution in [2.45, 2.75) is 24.3 Å². The Morgan fingerprint density at radius 3 is 2.33 bits per heavy atom.